The predicted octanol–water partition coefficient (Wildman–Crippen LogP) is 1.98. The van der Waals surface area contributed by atoms with Gasteiger partial charge in [0.15, 0.2) is 0 Å². The number of hydrogen-bond acceptors (Lipinski definition) is 2. The summed E-state index contributed by atoms with van der Waals surface area (Å²) in [7, 11) is -1.34. The van der Waals surface area contributed by atoms with Crippen LogP contribution in [0.2, 0.25) is 19.6 Å². The molecule has 0 fully saturated rings. The van der Waals surface area contributed by atoms with Gasteiger partial charge in [-0.3, -0.25) is 0 Å². The molecule has 0 aliphatic carbocycles. The van der Waals surface area contributed by atoms with E-state index in [0.717, 1.165) is 11.1 Å². The average molecular weight is 241 g/mol. The molecule has 1 rings (SSSR count). The molecule has 0 atom stereocenters. The first-order valence-corrected chi connectivity index (χ1v) is 8.22. The number of hydrogen-bond donors (Lipinski definition) is 1. The smallest absolute Gasteiger partial charge is 0.0991 e. The fourth-order valence-corrected chi connectivity index (χ4v) is 2.51. The zero-order valence-corrected chi connectivity index (χ0v) is 11.2. The molecule has 0 unspecified atom stereocenters. The topological polar surface area (TPSA) is 49.8 Å². The van der Waals surface area contributed by atoms with Crippen LogP contribution in [0.4, 0.5) is 0 Å². The van der Waals surface area contributed by atoms with E-state index in [1.165, 1.54) is 5.19 Å². The van der Waals surface area contributed by atoms with Gasteiger partial charge in [0.1, 0.15) is 0 Å². The van der Waals surface area contributed by atoms with Crippen LogP contribution in [-0.2, 0) is 6.54 Å². The second-order valence-corrected chi connectivity index (χ2v) is 9.56. The van der Waals surface area contributed by atoms with Crippen molar-refractivity contribution < 1.29 is 0 Å². The van der Waals surface area contributed by atoms with Crippen molar-refractivity contribution in [2.45, 2.75) is 26.2 Å². The van der Waals surface area contributed by atoms with Gasteiger partial charge < -0.3 is 5.73 Å². The maximum atomic E-state index is 8.87. The second-order valence-electron chi connectivity index (χ2n) is 4.48. The standard InChI is InChI=1S/C11H16N2Si.ClH/c1-14(2,3)11-5-9(7-12)4-10(6-11)8-13;/h4-6H,7,12H2,1-3H3;1H. The van der Waals surface area contributed by atoms with E-state index in [2.05, 4.69) is 31.8 Å². The normalized spacial score (nSPS) is 10.3. The first-order chi connectivity index (χ1) is 6.47. The third-order valence-electron chi connectivity index (χ3n) is 2.22. The van der Waals surface area contributed by atoms with Gasteiger partial charge in [0, 0.05) is 6.54 Å². The molecule has 0 spiro atoms. The Kier molecular flexibility index (Phi) is 5.02. The Morgan fingerprint density at radius 3 is 2.27 bits per heavy atom. The fraction of sp³-hybridized carbons (Fsp3) is 0.364. The van der Waals surface area contributed by atoms with E-state index in [1.807, 2.05) is 12.1 Å². The molecular formula is C11H17ClN2Si. The molecule has 1 aromatic rings. The van der Waals surface area contributed by atoms with E-state index in [0.29, 0.717) is 6.54 Å². The lowest BCUT2D eigenvalue weighted by Gasteiger charge is -2.17. The minimum Gasteiger partial charge on any atom is -0.326 e. The maximum absolute atomic E-state index is 8.87. The largest absolute Gasteiger partial charge is 0.326 e. The van der Waals surface area contributed by atoms with Crippen molar-refractivity contribution in [1.82, 2.24) is 0 Å². The van der Waals surface area contributed by atoms with E-state index in [-0.39, 0.29) is 12.4 Å². The zero-order valence-electron chi connectivity index (χ0n) is 9.37. The lowest BCUT2D eigenvalue weighted by molar-refractivity contribution is 1.07. The zero-order chi connectivity index (χ0) is 10.8. The van der Waals surface area contributed by atoms with Gasteiger partial charge in [0.2, 0.25) is 0 Å². The quantitative estimate of drug-likeness (QED) is 0.804. The van der Waals surface area contributed by atoms with Crippen LogP contribution in [0.5, 0.6) is 0 Å². The fourth-order valence-electron chi connectivity index (χ4n) is 1.31. The van der Waals surface area contributed by atoms with Crippen molar-refractivity contribution in [3.05, 3.63) is 29.3 Å². The Balaban J connectivity index is 0.00000196. The first-order valence-electron chi connectivity index (χ1n) is 4.72. The molecule has 0 heterocycles. The van der Waals surface area contributed by atoms with E-state index in [9.17, 15) is 0 Å². The molecule has 0 saturated heterocycles. The molecule has 0 aromatic heterocycles. The van der Waals surface area contributed by atoms with Crippen LogP contribution >= 0.6 is 12.4 Å². The Morgan fingerprint density at radius 1 is 1.27 bits per heavy atom. The van der Waals surface area contributed by atoms with Crippen LogP contribution in [0.1, 0.15) is 11.1 Å². The summed E-state index contributed by atoms with van der Waals surface area (Å²) >= 11 is 0. The van der Waals surface area contributed by atoms with Gasteiger partial charge in [0.25, 0.3) is 0 Å². The van der Waals surface area contributed by atoms with Crippen LogP contribution in [0.15, 0.2) is 18.2 Å². The number of halogens is 1. The minimum atomic E-state index is -1.34. The SMILES string of the molecule is C[Si](C)(C)c1cc(C#N)cc(CN)c1.Cl. The van der Waals surface area contributed by atoms with Crippen LogP contribution < -0.4 is 10.9 Å². The summed E-state index contributed by atoms with van der Waals surface area (Å²) in [5.41, 5.74) is 7.38. The molecule has 0 aliphatic rings. The van der Waals surface area contributed by atoms with Gasteiger partial charge in [0.05, 0.1) is 19.7 Å². The molecule has 0 radical (unpaired) electrons. The Bertz CT molecular complexity index is 377. The maximum Gasteiger partial charge on any atom is 0.0991 e. The molecule has 0 bridgehead atoms. The number of rotatable bonds is 2. The van der Waals surface area contributed by atoms with E-state index in [4.69, 9.17) is 11.0 Å². The van der Waals surface area contributed by atoms with E-state index >= 15 is 0 Å². The number of nitrogens with zero attached hydrogens (tertiary/aromatic N) is 1. The molecule has 2 N–H and O–H groups in total. The van der Waals surface area contributed by atoms with E-state index < -0.39 is 8.07 Å². The lowest BCUT2D eigenvalue weighted by Crippen LogP contribution is -2.38. The van der Waals surface area contributed by atoms with Gasteiger partial charge in [-0.15, -0.1) is 12.4 Å². The molecular weight excluding hydrogens is 224 g/mol. The van der Waals surface area contributed by atoms with Gasteiger partial charge in [-0.1, -0.05) is 30.9 Å². The lowest BCUT2D eigenvalue weighted by atomic mass is 10.1. The van der Waals surface area contributed by atoms with E-state index in [1.54, 1.807) is 0 Å². The molecule has 0 amide bonds. The van der Waals surface area contributed by atoms with Crippen molar-refractivity contribution in [2.75, 3.05) is 0 Å². The van der Waals surface area contributed by atoms with Crippen molar-refractivity contribution in [3.63, 3.8) is 0 Å². The summed E-state index contributed by atoms with van der Waals surface area (Å²) in [6.45, 7) is 7.31. The Morgan fingerprint density at radius 2 is 1.87 bits per heavy atom. The molecule has 2 nitrogen and oxygen atoms in total. The van der Waals surface area contributed by atoms with Crippen molar-refractivity contribution in [2.24, 2.45) is 5.73 Å². The Labute approximate surface area is 98.5 Å². The van der Waals surface area contributed by atoms with Gasteiger partial charge >= 0.3 is 0 Å². The first kappa shape index (κ1) is 14.2. The summed E-state index contributed by atoms with van der Waals surface area (Å²) in [5.74, 6) is 0. The third kappa shape index (κ3) is 3.67. The average Bonchev–Trinajstić information content (AvgIpc) is 2.15. The summed E-state index contributed by atoms with van der Waals surface area (Å²) in [5, 5.41) is 10.2. The van der Waals surface area contributed by atoms with Crippen LogP contribution in [0.3, 0.4) is 0 Å². The monoisotopic (exact) mass is 240 g/mol. The van der Waals surface area contributed by atoms with Gasteiger partial charge in [-0.05, 0) is 17.7 Å². The molecule has 1 aromatic carbocycles. The number of nitriles is 1. The summed E-state index contributed by atoms with van der Waals surface area (Å²) in [4.78, 5) is 0. The predicted molar refractivity (Wildman–Crippen MR) is 69.3 cm³/mol. The van der Waals surface area contributed by atoms with Crippen LogP contribution in [-0.4, -0.2) is 8.07 Å². The molecule has 15 heavy (non-hydrogen) atoms. The minimum absolute atomic E-state index is 0. The second kappa shape index (κ2) is 5.31. The van der Waals surface area contributed by atoms with Gasteiger partial charge in [-0.25, -0.2) is 0 Å². The number of benzene rings is 1. The summed E-state index contributed by atoms with van der Waals surface area (Å²) in [6, 6.07) is 8.17. The number of nitrogens with two attached hydrogens (primary N) is 1. The van der Waals surface area contributed by atoms with Crippen molar-refractivity contribution in [1.29, 1.82) is 5.26 Å². The highest BCUT2D eigenvalue weighted by molar-refractivity contribution is 6.88. The highest BCUT2D eigenvalue weighted by atomic mass is 35.5. The molecule has 0 aliphatic heterocycles. The summed E-state index contributed by atoms with van der Waals surface area (Å²) in [6.07, 6.45) is 0. The molecule has 4 heteroatoms. The highest BCUT2D eigenvalue weighted by Gasteiger charge is 2.17. The van der Waals surface area contributed by atoms with Gasteiger partial charge in [-0.2, -0.15) is 5.26 Å². The molecule has 82 valence electrons. The third-order valence-corrected chi connectivity index (χ3v) is 4.24. The highest BCUT2D eigenvalue weighted by Crippen LogP contribution is 2.08. The summed E-state index contributed by atoms with van der Waals surface area (Å²) < 4.78 is 0. The molecule has 0 saturated carbocycles. The van der Waals surface area contributed by atoms with Crippen molar-refractivity contribution >= 4 is 25.7 Å². The van der Waals surface area contributed by atoms with Crippen molar-refractivity contribution in [3.8, 4) is 6.07 Å². The Hall–Kier alpha value is -0.823. The van der Waals surface area contributed by atoms with Crippen LogP contribution in [0, 0.1) is 11.3 Å². The van der Waals surface area contributed by atoms with Crippen LogP contribution in [0.25, 0.3) is 0 Å².